The first kappa shape index (κ1) is 28.7. The summed E-state index contributed by atoms with van der Waals surface area (Å²) >= 11 is 0. The Balaban J connectivity index is 1.74. The first-order valence-corrected chi connectivity index (χ1v) is 15.2. The van der Waals surface area contributed by atoms with Crippen LogP contribution >= 0.6 is 0 Å². The minimum Gasteiger partial charge on any atom is -0.361 e. The summed E-state index contributed by atoms with van der Waals surface area (Å²) in [6, 6.07) is 3.78. The predicted octanol–water partition coefficient (Wildman–Crippen LogP) is 4.81. The average molecular weight is 516 g/mol. The fourth-order valence-electron chi connectivity index (χ4n) is 4.55. The summed E-state index contributed by atoms with van der Waals surface area (Å²) in [5.41, 5.74) is -0.0820. The van der Waals surface area contributed by atoms with Crippen molar-refractivity contribution < 1.29 is 21.7 Å². The van der Waals surface area contributed by atoms with Crippen LogP contribution in [0.2, 0.25) is 0 Å². The summed E-state index contributed by atoms with van der Waals surface area (Å²) in [5, 5.41) is 12.8. The van der Waals surface area contributed by atoms with E-state index in [4.69, 9.17) is 14.2 Å². The largest absolute Gasteiger partial charge is 0.361 e. The fourth-order valence-corrected chi connectivity index (χ4v) is 6.29. The molecule has 2 rings (SSSR count). The van der Waals surface area contributed by atoms with Crippen LogP contribution in [0, 0.1) is 10.8 Å². The summed E-state index contributed by atoms with van der Waals surface area (Å²) < 4.78 is 45.8. The molecule has 0 bridgehead atoms. The molecule has 0 amide bonds. The lowest BCUT2D eigenvalue weighted by atomic mass is 9.72. The molecule has 8 nitrogen and oxygen atoms in total. The van der Waals surface area contributed by atoms with Gasteiger partial charge < -0.3 is 9.05 Å². The van der Waals surface area contributed by atoms with E-state index in [9.17, 15) is 12.6 Å². The summed E-state index contributed by atoms with van der Waals surface area (Å²) in [5.74, 6) is 3.20. The highest BCUT2D eigenvalue weighted by Crippen LogP contribution is 2.42. The van der Waals surface area contributed by atoms with Crippen LogP contribution in [0.25, 0.3) is 0 Å². The van der Waals surface area contributed by atoms with E-state index in [0.29, 0.717) is 24.3 Å². The number of rotatable bonds is 17. The van der Waals surface area contributed by atoms with Gasteiger partial charge in [0.15, 0.2) is 0 Å². The summed E-state index contributed by atoms with van der Waals surface area (Å²) in [6.45, 7) is 8.66. The van der Waals surface area contributed by atoms with Crippen molar-refractivity contribution in [3.63, 3.8) is 0 Å². The molecule has 34 heavy (non-hydrogen) atoms. The predicted molar refractivity (Wildman–Crippen MR) is 135 cm³/mol. The van der Waals surface area contributed by atoms with Gasteiger partial charge in [0.25, 0.3) is 0 Å². The third-order valence-electron chi connectivity index (χ3n) is 6.48. The van der Waals surface area contributed by atoms with Gasteiger partial charge in [-0.25, -0.2) is 13.6 Å². The van der Waals surface area contributed by atoms with Crippen molar-refractivity contribution in [1.82, 2.24) is 10.3 Å². The van der Waals surface area contributed by atoms with Gasteiger partial charge in [-0.15, -0.1) is 0 Å². The Kier molecular flexibility index (Phi) is 11.0. The maximum Gasteiger partial charge on any atom is 0.209 e. The van der Waals surface area contributed by atoms with Crippen LogP contribution in [0.15, 0.2) is 33.6 Å². The van der Waals surface area contributed by atoms with Gasteiger partial charge in [-0.2, -0.15) is 0 Å². The van der Waals surface area contributed by atoms with Gasteiger partial charge >= 0.3 is 0 Å². The zero-order valence-corrected chi connectivity index (χ0v) is 22.6. The van der Waals surface area contributed by atoms with Gasteiger partial charge in [0.05, 0.1) is 18.1 Å². The molecule has 2 heterocycles. The number of hydrogen-bond acceptors (Lipinski definition) is 7. The third kappa shape index (κ3) is 10.8. The molecular weight excluding hydrogens is 474 g/mol. The smallest absolute Gasteiger partial charge is 0.209 e. The van der Waals surface area contributed by atoms with Crippen LogP contribution in [-0.2, 0) is 27.2 Å². The minimum absolute atomic E-state index is 0.0201. The standard InChI is InChI=1S/C24H41N3O5S2/c1-23(2,19-20-10-14-26-31-20)12-7-17-33(28)16-6-5-9-21(22-11-15-27-32-22)24(3,4)13-8-18-34(25,29)30/h10-11,14-15,21H,5-9,12-13,16-19H2,1-4H3,(H2,25,29,30). The number of aromatic nitrogens is 2. The van der Waals surface area contributed by atoms with Gasteiger partial charge in [-0.05, 0) is 49.4 Å². The van der Waals surface area contributed by atoms with Gasteiger partial charge in [0.2, 0.25) is 10.0 Å². The van der Waals surface area contributed by atoms with Crippen molar-refractivity contribution in [2.75, 3.05) is 17.3 Å². The second-order valence-electron chi connectivity index (χ2n) is 10.7. The lowest BCUT2D eigenvalue weighted by molar-refractivity contribution is 0.204. The van der Waals surface area contributed by atoms with Gasteiger partial charge in [0.1, 0.15) is 11.5 Å². The molecule has 0 radical (unpaired) electrons. The molecule has 2 unspecified atom stereocenters. The molecule has 0 saturated carbocycles. The maximum absolute atomic E-state index is 12.5. The molecule has 0 aliphatic rings. The molecule has 2 N–H and O–H groups in total. The van der Waals surface area contributed by atoms with E-state index in [-0.39, 0.29) is 22.5 Å². The van der Waals surface area contributed by atoms with Crippen LogP contribution in [0.1, 0.15) is 90.1 Å². The summed E-state index contributed by atoms with van der Waals surface area (Å²) in [4.78, 5) is 0. The summed E-state index contributed by atoms with van der Waals surface area (Å²) in [6.07, 6.45) is 9.94. The number of sulfonamides is 1. The van der Waals surface area contributed by atoms with Crippen molar-refractivity contribution in [2.45, 2.75) is 85.0 Å². The van der Waals surface area contributed by atoms with E-state index < -0.39 is 20.8 Å². The quantitative estimate of drug-likeness (QED) is 0.299. The van der Waals surface area contributed by atoms with E-state index in [1.807, 2.05) is 12.1 Å². The lowest BCUT2D eigenvalue weighted by Crippen LogP contribution is -2.24. The summed E-state index contributed by atoms with van der Waals surface area (Å²) in [7, 11) is -4.30. The number of hydrogen-bond donors (Lipinski definition) is 1. The number of primary sulfonamides is 1. The Labute approximate surface area is 206 Å². The minimum atomic E-state index is -3.46. The monoisotopic (exact) mass is 515 g/mol. The highest BCUT2D eigenvalue weighted by molar-refractivity contribution is 7.89. The first-order valence-electron chi connectivity index (χ1n) is 12.0. The van der Waals surface area contributed by atoms with Crippen molar-refractivity contribution in [3.8, 4) is 0 Å². The molecule has 2 aromatic rings. The Morgan fingerprint density at radius 3 is 2.26 bits per heavy atom. The van der Waals surface area contributed by atoms with E-state index in [0.717, 1.165) is 50.0 Å². The van der Waals surface area contributed by atoms with Gasteiger partial charge in [0, 0.05) is 46.8 Å². The van der Waals surface area contributed by atoms with Crippen molar-refractivity contribution >= 4 is 20.8 Å². The molecule has 0 aliphatic carbocycles. The van der Waals surface area contributed by atoms with Crippen molar-refractivity contribution in [2.24, 2.45) is 16.0 Å². The number of nitrogens with zero attached hydrogens (tertiary/aromatic N) is 2. The van der Waals surface area contributed by atoms with E-state index in [2.05, 4.69) is 38.0 Å². The van der Waals surface area contributed by atoms with Crippen LogP contribution in [0.3, 0.4) is 0 Å². The Bertz CT molecular complexity index is 955. The molecular formula is C24H41N3O5S2. The van der Waals surface area contributed by atoms with Crippen molar-refractivity contribution in [1.29, 1.82) is 0 Å². The zero-order chi connectivity index (χ0) is 25.2. The topological polar surface area (TPSA) is 129 Å². The molecule has 0 fully saturated rings. The molecule has 194 valence electrons. The van der Waals surface area contributed by atoms with Crippen molar-refractivity contribution in [3.05, 3.63) is 36.0 Å². The van der Waals surface area contributed by atoms with E-state index in [1.165, 1.54) is 0 Å². The highest BCUT2D eigenvalue weighted by Gasteiger charge is 2.33. The molecule has 0 aliphatic heterocycles. The Morgan fingerprint density at radius 1 is 0.971 bits per heavy atom. The number of unbranched alkanes of at least 4 members (excludes halogenated alkanes) is 1. The lowest BCUT2D eigenvalue weighted by Gasteiger charge is -2.33. The normalized spacial score (nSPS) is 14.9. The van der Waals surface area contributed by atoms with Crippen LogP contribution in [-0.4, -0.2) is 40.2 Å². The Morgan fingerprint density at radius 2 is 1.65 bits per heavy atom. The number of nitrogens with two attached hydrogens (primary N) is 1. The fraction of sp³-hybridized carbons (Fsp3) is 0.750. The third-order valence-corrected chi connectivity index (χ3v) is 8.82. The molecule has 0 saturated heterocycles. The Hall–Kier alpha value is -1.52. The molecule has 2 aromatic heterocycles. The molecule has 10 heteroatoms. The van der Waals surface area contributed by atoms with E-state index >= 15 is 0 Å². The second kappa shape index (κ2) is 13.0. The second-order valence-corrected chi connectivity index (χ2v) is 14.1. The zero-order valence-electron chi connectivity index (χ0n) is 21.0. The average Bonchev–Trinajstić information content (AvgIpc) is 3.40. The molecule has 2 atom stereocenters. The van der Waals surface area contributed by atoms with Crippen LogP contribution in [0.4, 0.5) is 0 Å². The maximum atomic E-state index is 12.5. The first-order chi connectivity index (χ1) is 15.9. The van der Waals surface area contributed by atoms with E-state index in [1.54, 1.807) is 12.4 Å². The SMILES string of the molecule is CC(C)(CCCS(=O)CCCCC(c1ccno1)C(C)(C)CCCS(N)(=O)=O)Cc1ccno1. The highest BCUT2D eigenvalue weighted by atomic mass is 32.2. The molecule has 0 aromatic carbocycles. The van der Waals surface area contributed by atoms with Crippen LogP contribution < -0.4 is 5.14 Å². The molecule has 0 spiro atoms. The van der Waals surface area contributed by atoms with Gasteiger partial charge in [-0.3, -0.25) is 4.21 Å². The van der Waals surface area contributed by atoms with Gasteiger partial charge in [-0.1, -0.05) is 44.4 Å². The van der Waals surface area contributed by atoms with Crippen LogP contribution in [0.5, 0.6) is 0 Å².